The van der Waals surface area contributed by atoms with E-state index in [1.165, 1.54) is 32.6 Å². The summed E-state index contributed by atoms with van der Waals surface area (Å²) in [4.78, 5) is 4.84. The lowest BCUT2D eigenvalue weighted by Crippen LogP contribution is -2.37. The van der Waals surface area contributed by atoms with Crippen LogP contribution in [0.2, 0.25) is 19.6 Å². The van der Waals surface area contributed by atoms with Crippen LogP contribution in [0.15, 0.2) is 126 Å². The molecule has 5 aromatic carbocycles. The molecular weight excluding hydrogens is 490 g/mol. The molecule has 0 spiro atoms. The van der Waals surface area contributed by atoms with E-state index in [9.17, 15) is 0 Å². The molecule has 0 radical (unpaired) electrons. The smallest absolute Gasteiger partial charge is 0.135 e. The summed E-state index contributed by atoms with van der Waals surface area (Å²) in [7, 11) is -1.30. The van der Waals surface area contributed by atoms with E-state index in [2.05, 4.69) is 111 Å². The van der Waals surface area contributed by atoms with E-state index in [4.69, 9.17) is 9.40 Å². The third-order valence-corrected chi connectivity index (χ3v) is 9.76. The van der Waals surface area contributed by atoms with Crippen molar-refractivity contribution in [3.8, 4) is 33.5 Å². The molecule has 0 aliphatic heterocycles. The molecule has 0 aliphatic rings. The van der Waals surface area contributed by atoms with Gasteiger partial charge in [0.1, 0.15) is 11.2 Å². The summed E-state index contributed by atoms with van der Waals surface area (Å²) in [5, 5.41) is 6.22. The third kappa shape index (κ3) is 4.35. The van der Waals surface area contributed by atoms with Crippen molar-refractivity contribution in [2.75, 3.05) is 0 Å². The van der Waals surface area contributed by atoms with Gasteiger partial charge in [-0.3, -0.25) is 4.98 Å². The summed E-state index contributed by atoms with van der Waals surface area (Å²) in [5.74, 6) is 0. The van der Waals surface area contributed by atoms with E-state index in [-0.39, 0.29) is 0 Å². The van der Waals surface area contributed by atoms with Crippen molar-refractivity contribution in [1.29, 1.82) is 0 Å². The van der Waals surface area contributed by atoms with Gasteiger partial charge in [-0.1, -0.05) is 97.6 Å². The Labute approximate surface area is 229 Å². The van der Waals surface area contributed by atoms with Gasteiger partial charge in [0.25, 0.3) is 0 Å². The van der Waals surface area contributed by atoms with Crippen molar-refractivity contribution in [3.05, 3.63) is 121 Å². The van der Waals surface area contributed by atoms with Gasteiger partial charge >= 0.3 is 0 Å². The number of benzene rings is 5. The first-order valence-electron chi connectivity index (χ1n) is 13.5. The van der Waals surface area contributed by atoms with Crippen LogP contribution in [0.25, 0.3) is 66.2 Å². The first-order chi connectivity index (χ1) is 18.9. The lowest BCUT2D eigenvalue weighted by molar-refractivity contribution is 0.669. The van der Waals surface area contributed by atoms with E-state index in [1.54, 1.807) is 0 Å². The Hall–Kier alpha value is -4.47. The Morgan fingerprint density at radius 2 is 1.15 bits per heavy atom. The van der Waals surface area contributed by atoms with Crippen LogP contribution in [0.4, 0.5) is 0 Å². The predicted octanol–water partition coefficient (Wildman–Crippen LogP) is 9.68. The van der Waals surface area contributed by atoms with Crippen LogP contribution in [0.5, 0.6) is 0 Å². The SMILES string of the molecule is C[Si](C)(C)c1ccc(-c2ccc3ccc(-c4ccc(-c5ccc6oc7ccccc7c6c5)nc4)cc3c2)cc1. The number of hydrogen-bond acceptors (Lipinski definition) is 2. The second-order valence-electron chi connectivity index (χ2n) is 11.3. The fourth-order valence-electron chi connectivity index (χ4n) is 5.39. The maximum Gasteiger partial charge on any atom is 0.135 e. The van der Waals surface area contributed by atoms with Crippen LogP contribution in [-0.2, 0) is 0 Å². The number of aromatic nitrogens is 1. The Kier molecular flexibility index (Phi) is 5.50. The highest BCUT2D eigenvalue weighted by atomic mass is 28.3. The van der Waals surface area contributed by atoms with E-state index in [1.807, 2.05) is 30.5 Å². The third-order valence-electron chi connectivity index (χ3n) is 7.69. The van der Waals surface area contributed by atoms with Crippen LogP contribution in [0, 0.1) is 0 Å². The summed E-state index contributed by atoms with van der Waals surface area (Å²) in [6, 6.07) is 41.3. The second-order valence-corrected chi connectivity index (χ2v) is 16.4. The number of furan rings is 1. The van der Waals surface area contributed by atoms with Crippen molar-refractivity contribution < 1.29 is 4.42 Å². The molecule has 7 aromatic rings. The molecule has 3 heteroatoms. The summed E-state index contributed by atoms with van der Waals surface area (Å²) < 4.78 is 5.99. The fourth-order valence-corrected chi connectivity index (χ4v) is 6.56. The Morgan fingerprint density at radius 1 is 0.513 bits per heavy atom. The minimum Gasteiger partial charge on any atom is -0.456 e. The topological polar surface area (TPSA) is 26.0 Å². The highest BCUT2D eigenvalue weighted by Gasteiger charge is 2.16. The number of pyridine rings is 1. The molecule has 2 nitrogen and oxygen atoms in total. The molecule has 0 fully saturated rings. The Morgan fingerprint density at radius 3 is 1.87 bits per heavy atom. The van der Waals surface area contributed by atoms with Crippen molar-refractivity contribution in [2.45, 2.75) is 19.6 Å². The van der Waals surface area contributed by atoms with Gasteiger partial charge in [-0.2, -0.15) is 0 Å². The Bertz CT molecular complexity index is 1980. The summed E-state index contributed by atoms with van der Waals surface area (Å²) in [5.41, 5.74) is 8.65. The maximum atomic E-state index is 5.99. The number of hydrogen-bond donors (Lipinski definition) is 0. The molecule has 0 saturated carbocycles. The zero-order valence-electron chi connectivity index (χ0n) is 22.4. The minimum atomic E-state index is -1.30. The van der Waals surface area contributed by atoms with Crippen molar-refractivity contribution >= 4 is 46.0 Å². The zero-order valence-corrected chi connectivity index (χ0v) is 23.4. The fraction of sp³-hybridized carbons (Fsp3) is 0.0833. The standard InChI is InChI=1S/C36H29NOSi/c1-39(2,3)31-16-12-24(13-17-31)26-10-8-25-9-11-27(21-30(25)20-26)29-14-18-34(37-23-29)28-15-19-36-33(22-28)32-6-4-5-7-35(32)38-36/h4-23H,1-3H3. The van der Waals surface area contributed by atoms with E-state index < -0.39 is 8.07 Å². The normalized spacial score (nSPS) is 12.0. The van der Waals surface area contributed by atoms with Gasteiger partial charge in [-0.25, -0.2) is 0 Å². The van der Waals surface area contributed by atoms with Gasteiger partial charge in [0.05, 0.1) is 13.8 Å². The van der Waals surface area contributed by atoms with Crippen LogP contribution < -0.4 is 5.19 Å². The highest BCUT2D eigenvalue weighted by molar-refractivity contribution is 6.88. The molecule has 2 heterocycles. The molecule has 0 saturated heterocycles. The quantitative estimate of drug-likeness (QED) is 0.216. The van der Waals surface area contributed by atoms with Gasteiger partial charge in [-0.15, -0.1) is 0 Å². The number of fused-ring (bicyclic) bond motifs is 4. The zero-order chi connectivity index (χ0) is 26.6. The summed E-state index contributed by atoms with van der Waals surface area (Å²) >= 11 is 0. The predicted molar refractivity (Wildman–Crippen MR) is 168 cm³/mol. The molecule has 188 valence electrons. The first kappa shape index (κ1) is 23.6. The van der Waals surface area contributed by atoms with Crippen LogP contribution in [0.3, 0.4) is 0 Å². The van der Waals surface area contributed by atoms with Crippen LogP contribution in [0.1, 0.15) is 0 Å². The molecule has 39 heavy (non-hydrogen) atoms. The second kappa shape index (κ2) is 9.07. The average molecular weight is 520 g/mol. The number of nitrogens with zero attached hydrogens (tertiary/aromatic N) is 1. The minimum absolute atomic E-state index is 0.902. The molecule has 0 aliphatic carbocycles. The van der Waals surface area contributed by atoms with Gasteiger partial charge in [0.15, 0.2) is 0 Å². The lowest BCUT2D eigenvalue weighted by Gasteiger charge is -2.17. The highest BCUT2D eigenvalue weighted by Crippen LogP contribution is 2.33. The summed E-state index contributed by atoms with van der Waals surface area (Å²) in [6.45, 7) is 7.17. The molecule has 0 amide bonds. The van der Waals surface area contributed by atoms with Crippen LogP contribution >= 0.6 is 0 Å². The van der Waals surface area contributed by atoms with Crippen molar-refractivity contribution in [2.24, 2.45) is 0 Å². The van der Waals surface area contributed by atoms with Gasteiger partial charge in [0.2, 0.25) is 0 Å². The maximum absolute atomic E-state index is 5.99. The monoisotopic (exact) mass is 519 g/mol. The number of para-hydroxylation sites is 1. The average Bonchev–Trinajstić information content (AvgIpc) is 3.34. The number of rotatable bonds is 4. The van der Waals surface area contributed by atoms with Gasteiger partial charge in [0, 0.05) is 28.1 Å². The van der Waals surface area contributed by atoms with E-state index in [0.717, 1.165) is 38.8 Å². The molecule has 0 bridgehead atoms. The molecular formula is C36H29NOSi. The van der Waals surface area contributed by atoms with Gasteiger partial charge < -0.3 is 4.42 Å². The van der Waals surface area contributed by atoms with Crippen molar-refractivity contribution in [3.63, 3.8) is 0 Å². The Balaban J connectivity index is 1.20. The van der Waals surface area contributed by atoms with Crippen molar-refractivity contribution in [1.82, 2.24) is 4.98 Å². The molecule has 0 atom stereocenters. The van der Waals surface area contributed by atoms with Gasteiger partial charge in [-0.05, 0) is 69.9 Å². The van der Waals surface area contributed by atoms with E-state index in [0.29, 0.717) is 0 Å². The lowest BCUT2D eigenvalue weighted by atomic mass is 9.98. The first-order valence-corrected chi connectivity index (χ1v) is 17.0. The van der Waals surface area contributed by atoms with Crippen LogP contribution in [-0.4, -0.2) is 13.1 Å². The molecule has 0 unspecified atom stereocenters. The van der Waals surface area contributed by atoms with E-state index >= 15 is 0 Å². The largest absolute Gasteiger partial charge is 0.456 e. The molecule has 0 N–H and O–H groups in total. The summed E-state index contributed by atoms with van der Waals surface area (Å²) in [6.07, 6.45) is 1.98. The molecule has 2 aromatic heterocycles. The molecule has 7 rings (SSSR count).